The molecule has 4 rings (SSSR count). The van der Waals surface area contributed by atoms with Crippen LogP contribution in [0.25, 0.3) is 0 Å². The maximum Gasteiger partial charge on any atom is 0.415 e. The minimum absolute atomic E-state index is 0.231. The van der Waals surface area contributed by atoms with E-state index in [4.69, 9.17) is 4.74 Å². The van der Waals surface area contributed by atoms with Crippen LogP contribution in [0, 0.1) is 10.1 Å². The highest BCUT2D eigenvalue weighted by Gasteiger charge is 2.52. The Morgan fingerprint density at radius 1 is 1.36 bits per heavy atom. The Morgan fingerprint density at radius 3 is 2.68 bits per heavy atom. The van der Waals surface area contributed by atoms with Crippen molar-refractivity contribution in [2.75, 3.05) is 11.4 Å². The number of piperidine rings is 1. The Labute approximate surface area is 126 Å². The fourth-order valence-corrected chi connectivity index (χ4v) is 3.89. The Morgan fingerprint density at radius 2 is 2.09 bits per heavy atom. The molecule has 8 nitrogen and oxygen atoms in total. The molecular formula is C14H16N4O4. The van der Waals surface area contributed by atoms with Gasteiger partial charge in [-0.2, -0.15) is 0 Å². The van der Waals surface area contributed by atoms with Gasteiger partial charge in [-0.25, -0.2) is 4.79 Å². The molecule has 1 N–H and O–H groups in total. The molecule has 0 radical (unpaired) electrons. The number of nitrogens with zero attached hydrogens (tertiary/aromatic N) is 3. The molecule has 0 aliphatic carbocycles. The van der Waals surface area contributed by atoms with E-state index in [9.17, 15) is 14.9 Å². The summed E-state index contributed by atoms with van der Waals surface area (Å²) >= 11 is 0. The normalized spacial score (nSPS) is 33.3. The molecular weight excluding hydrogens is 288 g/mol. The van der Waals surface area contributed by atoms with Crippen LogP contribution in [0.2, 0.25) is 0 Å². The van der Waals surface area contributed by atoms with E-state index in [1.54, 1.807) is 6.07 Å². The minimum Gasteiger partial charge on any atom is -0.441 e. The van der Waals surface area contributed by atoms with E-state index in [1.807, 2.05) is 0 Å². The highest BCUT2D eigenvalue weighted by Crippen LogP contribution is 2.41. The third-order valence-electron chi connectivity index (χ3n) is 4.77. The predicted octanol–water partition coefficient (Wildman–Crippen LogP) is 1.60. The number of pyridine rings is 1. The van der Waals surface area contributed by atoms with Gasteiger partial charge >= 0.3 is 11.9 Å². The number of nitrogens with one attached hydrogen (secondary N) is 1. The molecule has 1 aromatic rings. The molecule has 22 heavy (non-hydrogen) atoms. The van der Waals surface area contributed by atoms with Gasteiger partial charge in [-0.05, 0) is 28.8 Å². The quantitative estimate of drug-likeness (QED) is 0.658. The monoisotopic (exact) mass is 304 g/mol. The first-order valence-corrected chi connectivity index (χ1v) is 7.42. The largest absolute Gasteiger partial charge is 0.441 e. The molecule has 0 unspecified atom stereocenters. The Kier molecular flexibility index (Phi) is 2.83. The van der Waals surface area contributed by atoms with Crippen molar-refractivity contribution >= 4 is 17.6 Å². The topological polar surface area (TPSA) is 97.6 Å². The third kappa shape index (κ3) is 2.10. The average Bonchev–Trinajstić information content (AvgIpc) is 2.99. The SMILES string of the molecule is O=C1O[C@]2(C[C@H]3CC[C@@H](C2)N3)CN1c1ccc([N+](=O)[O-])nc1. The van der Waals surface area contributed by atoms with Gasteiger partial charge in [-0.3, -0.25) is 4.90 Å². The number of fused-ring (bicyclic) bond motifs is 2. The summed E-state index contributed by atoms with van der Waals surface area (Å²) in [5, 5.41) is 14.2. The van der Waals surface area contributed by atoms with Crippen LogP contribution in [0.1, 0.15) is 25.7 Å². The number of anilines is 1. The average molecular weight is 304 g/mol. The number of hydrogen-bond acceptors (Lipinski definition) is 6. The van der Waals surface area contributed by atoms with Crippen LogP contribution in [0.5, 0.6) is 0 Å². The number of amides is 1. The zero-order valence-electron chi connectivity index (χ0n) is 11.9. The molecule has 3 atom stereocenters. The second-order valence-corrected chi connectivity index (χ2v) is 6.31. The van der Waals surface area contributed by atoms with Crippen molar-refractivity contribution in [1.29, 1.82) is 0 Å². The first-order chi connectivity index (χ1) is 10.5. The van der Waals surface area contributed by atoms with Gasteiger partial charge in [-0.15, -0.1) is 0 Å². The van der Waals surface area contributed by atoms with Crippen LogP contribution < -0.4 is 10.2 Å². The van der Waals surface area contributed by atoms with Gasteiger partial charge in [0.2, 0.25) is 0 Å². The van der Waals surface area contributed by atoms with Gasteiger partial charge < -0.3 is 20.2 Å². The van der Waals surface area contributed by atoms with Crippen LogP contribution in [-0.2, 0) is 4.74 Å². The van der Waals surface area contributed by atoms with Gasteiger partial charge in [0.1, 0.15) is 5.60 Å². The molecule has 0 saturated carbocycles. The van der Waals surface area contributed by atoms with E-state index in [2.05, 4.69) is 10.3 Å². The Bertz CT molecular complexity index is 620. The first kappa shape index (κ1) is 13.4. The molecule has 8 heteroatoms. The van der Waals surface area contributed by atoms with Crippen molar-refractivity contribution in [2.45, 2.75) is 43.4 Å². The molecule has 2 bridgehead atoms. The summed E-state index contributed by atoms with van der Waals surface area (Å²) in [6, 6.07) is 3.68. The van der Waals surface area contributed by atoms with E-state index in [1.165, 1.54) is 17.2 Å². The molecule has 3 aliphatic heterocycles. The summed E-state index contributed by atoms with van der Waals surface area (Å²) in [6.07, 6.45) is 4.87. The molecule has 4 heterocycles. The number of carbonyl (C=O) groups excluding carboxylic acids is 1. The Balaban J connectivity index is 1.56. The molecule has 1 aromatic heterocycles. The lowest BCUT2D eigenvalue weighted by Crippen LogP contribution is -2.50. The predicted molar refractivity (Wildman–Crippen MR) is 76.6 cm³/mol. The summed E-state index contributed by atoms with van der Waals surface area (Å²) in [7, 11) is 0. The van der Waals surface area contributed by atoms with Crippen LogP contribution in [0.4, 0.5) is 16.3 Å². The molecule has 3 fully saturated rings. The van der Waals surface area contributed by atoms with Gasteiger partial charge in [0.05, 0.1) is 12.2 Å². The van der Waals surface area contributed by atoms with Crippen LogP contribution in [0.3, 0.4) is 0 Å². The van der Waals surface area contributed by atoms with Gasteiger partial charge in [0.15, 0.2) is 6.20 Å². The molecule has 3 aliphatic rings. The van der Waals surface area contributed by atoms with Gasteiger partial charge in [0.25, 0.3) is 0 Å². The molecule has 116 valence electrons. The van der Waals surface area contributed by atoms with E-state index < -0.39 is 16.6 Å². The first-order valence-electron chi connectivity index (χ1n) is 7.42. The van der Waals surface area contributed by atoms with Crippen LogP contribution >= 0.6 is 0 Å². The number of aromatic nitrogens is 1. The number of rotatable bonds is 2. The number of carbonyl (C=O) groups is 1. The highest BCUT2D eigenvalue weighted by molar-refractivity contribution is 5.90. The van der Waals surface area contributed by atoms with Gasteiger partial charge in [-0.1, -0.05) is 0 Å². The number of hydrogen-bond donors (Lipinski definition) is 1. The van der Waals surface area contributed by atoms with Crippen LogP contribution in [-0.4, -0.2) is 40.2 Å². The summed E-state index contributed by atoms with van der Waals surface area (Å²) in [5.41, 5.74) is 0.106. The summed E-state index contributed by atoms with van der Waals surface area (Å²) in [4.78, 5) is 27.6. The lowest BCUT2D eigenvalue weighted by atomic mass is 9.87. The van der Waals surface area contributed by atoms with Crippen molar-refractivity contribution in [3.05, 3.63) is 28.4 Å². The minimum atomic E-state index is -0.557. The number of nitro groups is 1. The van der Waals surface area contributed by atoms with E-state index >= 15 is 0 Å². The standard InChI is InChI=1S/C14H16N4O4/c19-13-17(11-3-4-12(15-7-11)18(20)21)8-14(22-13)5-9-1-2-10(6-14)16-9/h3-4,7,9-10,16H,1-2,5-6,8H2/t9-,10+,14+. The fourth-order valence-electron chi connectivity index (χ4n) is 3.89. The molecule has 3 saturated heterocycles. The maximum atomic E-state index is 12.2. The molecule has 0 aromatic carbocycles. The van der Waals surface area contributed by atoms with Gasteiger partial charge in [0, 0.05) is 31.0 Å². The van der Waals surface area contributed by atoms with Crippen molar-refractivity contribution in [3.8, 4) is 0 Å². The second kappa shape index (κ2) is 4.64. The van der Waals surface area contributed by atoms with E-state index in [0.717, 1.165) is 25.7 Å². The molecule has 1 amide bonds. The second-order valence-electron chi connectivity index (χ2n) is 6.31. The van der Waals surface area contributed by atoms with Crippen molar-refractivity contribution in [2.24, 2.45) is 0 Å². The van der Waals surface area contributed by atoms with Crippen molar-refractivity contribution in [3.63, 3.8) is 0 Å². The smallest absolute Gasteiger partial charge is 0.415 e. The zero-order chi connectivity index (χ0) is 15.3. The lowest BCUT2D eigenvalue weighted by Gasteiger charge is -2.36. The van der Waals surface area contributed by atoms with E-state index in [-0.39, 0.29) is 5.82 Å². The van der Waals surface area contributed by atoms with Crippen LogP contribution in [0.15, 0.2) is 18.3 Å². The van der Waals surface area contributed by atoms with E-state index in [0.29, 0.717) is 24.3 Å². The summed E-state index contributed by atoms with van der Waals surface area (Å²) < 4.78 is 5.70. The fraction of sp³-hybridized carbons (Fsp3) is 0.571. The van der Waals surface area contributed by atoms with Crippen molar-refractivity contribution in [1.82, 2.24) is 10.3 Å². The highest BCUT2D eigenvalue weighted by atomic mass is 16.6. The van der Waals surface area contributed by atoms with Crippen molar-refractivity contribution < 1.29 is 14.5 Å². The summed E-state index contributed by atoms with van der Waals surface area (Å²) in [6.45, 7) is 0.486. The maximum absolute atomic E-state index is 12.2. The molecule has 1 spiro atoms. The zero-order valence-corrected chi connectivity index (χ0v) is 11.9. The summed E-state index contributed by atoms with van der Waals surface area (Å²) in [5.74, 6) is -0.231. The third-order valence-corrected chi connectivity index (χ3v) is 4.77. The number of ether oxygens (including phenoxy) is 1. The lowest BCUT2D eigenvalue weighted by molar-refractivity contribution is -0.389. The Hall–Kier alpha value is -2.22.